The Bertz CT molecular complexity index is 1060. The number of primary amides is 1. The van der Waals surface area contributed by atoms with Crippen molar-refractivity contribution in [2.24, 2.45) is 17.2 Å². The number of nitrogens with one attached hydrogen (secondary N) is 5. The van der Waals surface area contributed by atoms with Gasteiger partial charge >= 0.3 is 5.97 Å². The van der Waals surface area contributed by atoms with Crippen molar-refractivity contribution in [1.29, 1.82) is 0 Å². The molecule has 1 aliphatic heterocycles. The van der Waals surface area contributed by atoms with Gasteiger partial charge in [-0.2, -0.15) is 0 Å². The van der Waals surface area contributed by atoms with Crippen LogP contribution in [0, 0.1) is 0 Å². The summed E-state index contributed by atoms with van der Waals surface area (Å²) >= 11 is 0. The largest absolute Gasteiger partial charge is 0.480 e. The number of hydrogen-bond acceptors (Lipinski definition) is 11. The third kappa shape index (κ3) is 13.3. The van der Waals surface area contributed by atoms with Crippen molar-refractivity contribution >= 4 is 47.3 Å². The molecule has 0 bridgehead atoms. The van der Waals surface area contributed by atoms with Gasteiger partial charge < -0.3 is 58.9 Å². The quantitative estimate of drug-likeness (QED) is 0.0563. The molecule has 0 spiro atoms. The summed E-state index contributed by atoms with van der Waals surface area (Å²) in [4.78, 5) is 98.8. The Morgan fingerprint density at radius 2 is 1.43 bits per heavy atom. The predicted octanol–water partition coefficient (Wildman–Crippen LogP) is -5.91. The lowest BCUT2D eigenvalue weighted by atomic mass is 10.0. The zero-order chi connectivity index (χ0) is 33.2. The van der Waals surface area contributed by atoms with Crippen molar-refractivity contribution in [2.75, 3.05) is 39.3 Å². The molecule has 0 aromatic heterocycles. The molecule has 7 amide bonds. The van der Waals surface area contributed by atoms with Crippen molar-refractivity contribution in [3.05, 3.63) is 0 Å². The third-order valence-corrected chi connectivity index (χ3v) is 6.60. The molecule has 248 valence electrons. The zero-order valence-electron chi connectivity index (χ0n) is 24.3. The normalized spacial score (nSPS) is 16.2. The third-order valence-electron chi connectivity index (χ3n) is 6.60. The standard InChI is InChI=1S/C25H43N9O10/c26-8-2-1-4-15(24(42)34-9-3-5-17(34)25(43)44)33-23(41)14(6-7-18(28)36)31-21(39)12-30-22(40)16(13-35)32-20(38)11-29-19(37)10-27/h14-17,35H,1-13,26-27H2,(H2,28,36)(H,29,37)(H,30,40)(H,31,39)(H,32,38)(H,33,41)(H,43,44)/t14-,15-,16-,17-/m0/s1. The van der Waals surface area contributed by atoms with Gasteiger partial charge in [0.05, 0.1) is 26.2 Å². The van der Waals surface area contributed by atoms with Crippen LogP contribution in [0.15, 0.2) is 0 Å². The molecule has 19 heteroatoms. The first kappa shape index (κ1) is 37.7. The maximum absolute atomic E-state index is 13.3. The first-order valence-corrected chi connectivity index (χ1v) is 14.1. The number of aliphatic hydroxyl groups excluding tert-OH is 1. The molecule has 4 atom stereocenters. The molecule has 1 aliphatic rings. The van der Waals surface area contributed by atoms with E-state index in [-0.39, 0.29) is 38.8 Å². The summed E-state index contributed by atoms with van der Waals surface area (Å²) in [7, 11) is 0. The van der Waals surface area contributed by atoms with E-state index in [2.05, 4.69) is 26.6 Å². The van der Waals surface area contributed by atoms with Crippen LogP contribution in [0.1, 0.15) is 44.9 Å². The van der Waals surface area contributed by atoms with Crippen molar-refractivity contribution in [3.63, 3.8) is 0 Å². The van der Waals surface area contributed by atoms with E-state index in [0.29, 0.717) is 25.8 Å². The molecule has 0 unspecified atom stereocenters. The maximum atomic E-state index is 13.3. The summed E-state index contributed by atoms with van der Waals surface area (Å²) in [5, 5.41) is 30.4. The molecule has 1 rings (SSSR count). The molecule has 19 nitrogen and oxygen atoms in total. The fourth-order valence-corrected chi connectivity index (χ4v) is 4.29. The number of carbonyl (C=O) groups is 8. The Hall–Kier alpha value is -4.36. The summed E-state index contributed by atoms with van der Waals surface area (Å²) in [5.74, 6) is -6.67. The second kappa shape index (κ2) is 19.8. The molecule has 0 aromatic rings. The van der Waals surface area contributed by atoms with Crippen LogP contribution >= 0.6 is 0 Å². The Morgan fingerprint density at radius 1 is 0.795 bits per heavy atom. The van der Waals surface area contributed by atoms with Crippen molar-refractivity contribution in [3.8, 4) is 0 Å². The minimum Gasteiger partial charge on any atom is -0.480 e. The van der Waals surface area contributed by atoms with E-state index >= 15 is 0 Å². The number of hydrogen-bond donors (Lipinski definition) is 10. The second-order valence-corrected chi connectivity index (χ2v) is 10.00. The number of aliphatic hydroxyl groups is 1. The van der Waals surface area contributed by atoms with Crippen molar-refractivity contribution in [2.45, 2.75) is 69.1 Å². The van der Waals surface area contributed by atoms with Gasteiger partial charge in [-0.3, -0.25) is 33.6 Å². The molecule has 0 radical (unpaired) electrons. The van der Waals surface area contributed by atoms with E-state index < -0.39 is 91.2 Å². The number of aliphatic carboxylic acids is 1. The van der Waals surface area contributed by atoms with Crippen LogP contribution in [0.3, 0.4) is 0 Å². The Labute approximate surface area is 253 Å². The number of nitrogens with zero attached hydrogens (tertiary/aromatic N) is 1. The van der Waals surface area contributed by atoms with Crippen molar-refractivity contribution < 1.29 is 48.6 Å². The molecular weight excluding hydrogens is 586 g/mol. The predicted molar refractivity (Wildman–Crippen MR) is 152 cm³/mol. The summed E-state index contributed by atoms with van der Waals surface area (Å²) in [5.41, 5.74) is 15.9. The second-order valence-electron chi connectivity index (χ2n) is 10.00. The first-order valence-electron chi connectivity index (χ1n) is 14.1. The van der Waals surface area contributed by atoms with Gasteiger partial charge in [-0.1, -0.05) is 0 Å². The van der Waals surface area contributed by atoms with E-state index in [1.165, 1.54) is 4.90 Å². The van der Waals surface area contributed by atoms with E-state index in [9.17, 15) is 48.6 Å². The Kier molecular flexibility index (Phi) is 16.9. The average Bonchev–Trinajstić information content (AvgIpc) is 3.49. The fourth-order valence-electron chi connectivity index (χ4n) is 4.29. The summed E-state index contributed by atoms with van der Waals surface area (Å²) in [6.07, 6.45) is 1.27. The smallest absolute Gasteiger partial charge is 0.326 e. The number of carbonyl (C=O) groups excluding carboxylic acids is 7. The van der Waals surface area contributed by atoms with Gasteiger partial charge in [0.25, 0.3) is 0 Å². The Balaban J connectivity index is 2.89. The number of rotatable bonds is 20. The molecule has 1 heterocycles. The minimum atomic E-state index is -1.47. The van der Waals surface area contributed by atoms with E-state index in [1.54, 1.807) is 0 Å². The number of carboxylic acids is 1. The first-order chi connectivity index (χ1) is 20.8. The lowest BCUT2D eigenvalue weighted by Gasteiger charge is -2.29. The van der Waals surface area contributed by atoms with E-state index in [4.69, 9.17) is 17.2 Å². The molecule has 1 fully saturated rings. The number of nitrogens with two attached hydrogens (primary N) is 3. The van der Waals surface area contributed by atoms with Crippen LogP contribution in [-0.4, -0.2) is 126 Å². The summed E-state index contributed by atoms with van der Waals surface area (Å²) in [6, 6.07) is -5.02. The highest BCUT2D eigenvalue weighted by Crippen LogP contribution is 2.20. The van der Waals surface area contributed by atoms with Crippen LogP contribution in [-0.2, 0) is 38.4 Å². The molecule has 13 N–H and O–H groups in total. The topological polar surface area (TPSA) is 318 Å². The highest BCUT2D eigenvalue weighted by molar-refractivity contribution is 5.95. The Morgan fingerprint density at radius 3 is 2.00 bits per heavy atom. The monoisotopic (exact) mass is 629 g/mol. The average molecular weight is 630 g/mol. The molecule has 0 aliphatic carbocycles. The summed E-state index contributed by atoms with van der Waals surface area (Å²) < 4.78 is 0. The lowest BCUT2D eigenvalue weighted by Crippen LogP contribution is -2.57. The number of amides is 7. The highest BCUT2D eigenvalue weighted by Gasteiger charge is 2.38. The lowest BCUT2D eigenvalue weighted by molar-refractivity contribution is -0.149. The number of unbranched alkanes of at least 4 members (excludes halogenated alkanes) is 1. The highest BCUT2D eigenvalue weighted by atomic mass is 16.4. The van der Waals surface area contributed by atoms with Crippen LogP contribution in [0.2, 0.25) is 0 Å². The zero-order valence-corrected chi connectivity index (χ0v) is 24.3. The van der Waals surface area contributed by atoms with Gasteiger partial charge in [0.2, 0.25) is 41.4 Å². The van der Waals surface area contributed by atoms with Gasteiger partial charge in [-0.15, -0.1) is 0 Å². The molecule has 1 saturated heterocycles. The molecule has 0 saturated carbocycles. The molecule has 44 heavy (non-hydrogen) atoms. The minimum absolute atomic E-state index is 0.140. The fraction of sp³-hybridized carbons (Fsp3) is 0.680. The van der Waals surface area contributed by atoms with Crippen LogP contribution < -0.4 is 43.8 Å². The van der Waals surface area contributed by atoms with E-state index in [1.807, 2.05) is 0 Å². The van der Waals surface area contributed by atoms with Gasteiger partial charge in [0, 0.05) is 13.0 Å². The van der Waals surface area contributed by atoms with Gasteiger partial charge in [0.15, 0.2) is 0 Å². The van der Waals surface area contributed by atoms with Gasteiger partial charge in [0.1, 0.15) is 24.2 Å². The SMILES string of the molecule is NCCCC[C@H](NC(=O)[C@H](CCC(N)=O)NC(=O)CNC(=O)[C@H](CO)NC(=O)CNC(=O)CN)C(=O)N1CCC[C@H]1C(=O)O. The van der Waals surface area contributed by atoms with Crippen LogP contribution in [0.4, 0.5) is 0 Å². The van der Waals surface area contributed by atoms with Crippen LogP contribution in [0.5, 0.6) is 0 Å². The van der Waals surface area contributed by atoms with E-state index in [0.717, 1.165) is 0 Å². The van der Waals surface area contributed by atoms with Gasteiger partial charge in [-0.05, 0) is 45.1 Å². The maximum Gasteiger partial charge on any atom is 0.326 e. The number of carboxylic acid groups (broad SMARTS) is 1. The number of likely N-dealkylation sites (tertiary alicyclic amines) is 1. The molecule has 0 aromatic carbocycles. The summed E-state index contributed by atoms with van der Waals surface area (Å²) in [6.45, 7) is -1.90. The van der Waals surface area contributed by atoms with Crippen molar-refractivity contribution in [1.82, 2.24) is 31.5 Å². The molecular formula is C25H43N9O10. The van der Waals surface area contributed by atoms with Gasteiger partial charge in [-0.25, -0.2) is 4.79 Å². The van der Waals surface area contributed by atoms with Crippen LogP contribution in [0.25, 0.3) is 0 Å².